The van der Waals surface area contributed by atoms with Crippen molar-refractivity contribution in [2.45, 2.75) is 32.4 Å². The highest BCUT2D eigenvalue weighted by atomic mass is 16.5. The summed E-state index contributed by atoms with van der Waals surface area (Å²) in [6.45, 7) is 3.76. The van der Waals surface area contributed by atoms with Gasteiger partial charge in [0.2, 0.25) is 0 Å². The quantitative estimate of drug-likeness (QED) is 0.779. The highest BCUT2D eigenvalue weighted by Crippen LogP contribution is 2.38. The van der Waals surface area contributed by atoms with Crippen molar-refractivity contribution in [3.63, 3.8) is 0 Å². The number of carbonyl (C=O) groups excluding carboxylic acids is 1. The number of hydrogen-bond acceptors (Lipinski definition) is 4. The van der Waals surface area contributed by atoms with E-state index >= 15 is 0 Å². The van der Waals surface area contributed by atoms with E-state index < -0.39 is 0 Å². The Hall–Kier alpha value is -2.89. The summed E-state index contributed by atoms with van der Waals surface area (Å²) in [6, 6.07) is 13.5. The average molecular weight is 384 g/mol. The van der Waals surface area contributed by atoms with Gasteiger partial charge in [0.15, 0.2) is 0 Å². The summed E-state index contributed by atoms with van der Waals surface area (Å²) in [5.41, 5.74) is 2.02. The number of benzene rings is 2. The van der Waals surface area contributed by atoms with Crippen LogP contribution in [0, 0.1) is 0 Å². The molecule has 1 unspecified atom stereocenters. The Morgan fingerprint density at radius 1 is 1.14 bits per heavy atom. The Bertz CT molecular complexity index is 809. The lowest BCUT2D eigenvalue weighted by Crippen LogP contribution is -2.39. The lowest BCUT2D eigenvalue weighted by molar-refractivity contribution is 0.191. The molecule has 6 nitrogen and oxygen atoms in total. The molecule has 0 aromatic heterocycles. The van der Waals surface area contributed by atoms with Crippen molar-refractivity contribution >= 4 is 6.03 Å². The van der Waals surface area contributed by atoms with Crippen molar-refractivity contribution in [2.24, 2.45) is 0 Å². The number of urea groups is 1. The molecule has 0 radical (unpaired) electrons. The Morgan fingerprint density at radius 2 is 2.00 bits per heavy atom. The second-order valence-corrected chi connectivity index (χ2v) is 6.70. The van der Waals surface area contributed by atoms with E-state index in [0.717, 1.165) is 47.8 Å². The first-order valence-electron chi connectivity index (χ1n) is 9.64. The van der Waals surface area contributed by atoms with E-state index in [9.17, 15) is 4.79 Å². The van der Waals surface area contributed by atoms with Crippen LogP contribution in [0.25, 0.3) is 0 Å². The lowest BCUT2D eigenvalue weighted by Gasteiger charge is -2.27. The number of nitrogens with zero attached hydrogens (tertiary/aromatic N) is 1. The molecule has 1 atom stereocenters. The summed E-state index contributed by atoms with van der Waals surface area (Å²) >= 11 is 0. The third-order valence-corrected chi connectivity index (χ3v) is 4.97. The first-order valence-corrected chi connectivity index (χ1v) is 9.64. The standard InChI is InChI=1S/C22H28N2O4/c1-4-28-18-8-5-7-16(13-18)15-23-22(25)24-12-6-9-20(24)19-11-10-17(26-2)14-21(19)27-3/h5,7-8,10-11,13-14,20H,4,6,9,12,15H2,1-3H3,(H,23,25). The Morgan fingerprint density at radius 3 is 2.75 bits per heavy atom. The molecule has 1 fully saturated rings. The lowest BCUT2D eigenvalue weighted by atomic mass is 10.0. The minimum Gasteiger partial charge on any atom is -0.497 e. The fraction of sp³-hybridized carbons (Fsp3) is 0.409. The second-order valence-electron chi connectivity index (χ2n) is 6.70. The van der Waals surface area contributed by atoms with E-state index in [-0.39, 0.29) is 12.1 Å². The molecule has 0 saturated carbocycles. The topological polar surface area (TPSA) is 60.0 Å². The maximum absolute atomic E-state index is 12.9. The van der Waals surface area contributed by atoms with E-state index in [2.05, 4.69) is 5.32 Å². The number of hydrogen-bond donors (Lipinski definition) is 1. The zero-order valence-corrected chi connectivity index (χ0v) is 16.7. The molecular weight excluding hydrogens is 356 g/mol. The number of amides is 2. The molecule has 0 spiro atoms. The summed E-state index contributed by atoms with van der Waals surface area (Å²) in [4.78, 5) is 14.7. The number of ether oxygens (including phenoxy) is 3. The predicted octanol–water partition coefficient (Wildman–Crippen LogP) is 4.15. The van der Waals surface area contributed by atoms with Crippen LogP contribution in [-0.4, -0.2) is 38.3 Å². The van der Waals surface area contributed by atoms with Gasteiger partial charge in [0.25, 0.3) is 0 Å². The van der Waals surface area contributed by atoms with Gasteiger partial charge in [-0.1, -0.05) is 12.1 Å². The highest BCUT2D eigenvalue weighted by molar-refractivity contribution is 5.75. The second kappa shape index (κ2) is 9.35. The highest BCUT2D eigenvalue weighted by Gasteiger charge is 2.32. The first-order chi connectivity index (χ1) is 13.7. The summed E-state index contributed by atoms with van der Waals surface area (Å²) in [5, 5.41) is 3.04. The molecule has 150 valence electrons. The molecule has 6 heteroatoms. The molecule has 0 bridgehead atoms. The van der Waals surface area contributed by atoms with Crippen LogP contribution in [0.15, 0.2) is 42.5 Å². The third-order valence-electron chi connectivity index (χ3n) is 4.97. The normalized spacial score (nSPS) is 16.0. The van der Waals surface area contributed by atoms with Crippen LogP contribution in [0.5, 0.6) is 17.2 Å². The fourth-order valence-corrected chi connectivity index (χ4v) is 3.62. The zero-order chi connectivity index (χ0) is 19.9. The summed E-state index contributed by atoms with van der Waals surface area (Å²) in [6.07, 6.45) is 1.88. The maximum atomic E-state index is 12.9. The fourth-order valence-electron chi connectivity index (χ4n) is 3.62. The van der Waals surface area contributed by atoms with Crippen LogP contribution >= 0.6 is 0 Å². The Balaban J connectivity index is 1.69. The summed E-state index contributed by atoms with van der Waals surface area (Å²) in [5.74, 6) is 2.30. The number of nitrogens with one attached hydrogen (secondary N) is 1. The van der Waals surface area contributed by atoms with Crippen molar-refractivity contribution in [3.8, 4) is 17.2 Å². The van der Waals surface area contributed by atoms with Gasteiger partial charge in [0.05, 0.1) is 26.9 Å². The van der Waals surface area contributed by atoms with Gasteiger partial charge >= 0.3 is 6.03 Å². The molecule has 1 aliphatic rings. The van der Waals surface area contributed by atoms with Gasteiger partial charge in [-0.05, 0) is 49.6 Å². The largest absolute Gasteiger partial charge is 0.497 e. The SMILES string of the molecule is CCOc1cccc(CNC(=O)N2CCCC2c2ccc(OC)cc2OC)c1. The Labute approximate surface area is 166 Å². The smallest absolute Gasteiger partial charge is 0.318 e. The molecule has 1 N–H and O–H groups in total. The van der Waals surface area contributed by atoms with Crippen LogP contribution in [-0.2, 0) is 6.54 Å². The van der Waals surface area contributed by atoms with Crippen molar-refractivity contribution < 1.29 is 19.0 Å². The van der Waals surface area contributed by atoms with Gasteiger partial charge in [-0.3, -0.25) is 0 Å². The van der Waals surface area contributed by atoms with E-state index in [1.807, 2.05) is 54.3 Å². The van der Waals surface area contributed by atoms with E-state index in [0.29, 0.717) is 13.2 Å². The molecule has 2 aromatic rings. The third kappa shape index (κ3) is 4.50. The van der Waals surface area contributed by atoms with Gasteiger partial charge in [0, 0.05) is 24.7 Å². The molecule has 2 amide bonds. The maximum Gasteiger partial charge on any atom is 0.318 e. The number of methoxy groups -OCH3 is 2. The average Bonchev–Trinajstić information content (AvgIpc) is 3.21. The van der Waals surface area contributed by atoms with Gasteiger partial charge in [0.1, 0.15) is 17.2 Å². The van der Waals surface area contributed by atoms with Gasteiger partial charge in [-0.15, -0.1) is 0 Å². The molecule has 28 heavy (non-hydrogen) atoms. The number of carbonyl (C=O) groups is 1. The van der Waals surface area contributed by atoms with Gasteiger partial charge in [-0.2, -0.15) is 0 Å². The van der Waals surface area contributed by atoms with Crippen molar-refractivity contribution in [1.29, 1.82) is 0 Å². The molecule has 1 saturated heterocycles. The van der Waals surface area contributed by atoms with Crippen molar-refractivity contribution in [2.75, 3.05) is 27.4 Å². The van der Waals surface area contributed by atoms with E-state index in [4.69, 9.17) is 14.2 Å². The zero-order valence-electron chi connectivity index (χ0n) is 16.7. The van der Waals surface area contributed by atoms with Crippen molar-refractivity contribution in [1.82, 2.24) is 10.2 Å². The first kappa shape index (κ1) is 19.9. The molecule has 3 rings (SSSR count). The molecule has 0 aliphatic carbocycles. The van der Waals surface area contributed by atoms with Crippen LogP contribution in [0.1, 0.15) is 36.9 Å². The summed E-state index contributed by atoms with van der Waals surface area (Å²) in [7, 11) is 3.27. The Kier molecular flexibility index (Phi) is 6.63. The van der Waals surface area contributed by atoms with Crippen LogP contribution < -0.4 is 19.5 Å². The van der Waals surface area contributed by atoms with E-state index in [1.54, 1.807) is 14.2 Å². The molecule has 1 aliphatic heterocycles. The minimum atomic E-state index is -0.0674. The monoisotopic (exact) mass is 384 g/mol. The number of likely N-dealkylation sites (tertiary alicyclic amines) is 1. The van der Waals surface area contributed by atoms with E-state index in [1.165, 1.54) is 0 Å². The minimum absolute atomic E-state index is 0.00406. The predicted molar refractivity (Wildman–Crippen MR) is 108 cm³/mol. The molecule has 1 heterocycles. The number of rotatable bonds is 7. The summed E-state index contributed by atoms with van der Waals surface area (Å²) < 4.78 is 16.3. The van der Waals surface area contributed by atoms with Crippen LogP contribution in [0.2, 0.25) is 0 Å². The van der Waals surface area contributed by atoms with Gasteiger partial charge < -0.3 is 24.4 Å². The molecule has 2 aromatic carbocycles. The van der Waals surface area contributed by atoms with Crippen molar-refractivity contribution in [3.05, 3.63) is 53.6 Å². The van der Waals surface area contributed by atoms with Crippen LogP contribution in [0.3, 0.4) is 0 Å². The van der Waals surface area contributed by atoms with Gasteiger partial charge in [-0.25, -0.2) is 4.79 Å². The molecular formula is C22H28N2O4. The van der Waals surface area contributed by atoms with Crippen LogP contribution in [0.4, 0.5) is 4.79 Å².